The monoisotopic (exact) mass is 503 g/mol. The number of hydrogen-bond acceptors (Lipinski definition) is 7. The van der Waals surface area contributed by atoms with Gasteiger partial charge in [-0.1, -0.05) is 12.1 Å². The molecule has 2 atom stereocenters. The van der Waals surface area contributed by atoms with Crippen LogP contribution in [0.5, 0.6) is 5.75 Å². The van der Waals surface area contributed by atoms with Crippen molar-refractivity contribution < 1.29 is 28.6 Å². The highest BCUT2D eigenvalue weighted by Crippen LogP contribution is 2.30. The molecule has 3 rings (SSSR count). The van der Waals surface area contributed by atoms with Crippen LogP contribution in [-0.4, -0.2) is 76.0 Å². The highest BCUT2D eigenvalue weighted by molar-refractivity contribution is 6.34. The molecule has 0 aliphatic carbocycles. The second-order valence-electron chi connectivity index (χ2n) is 8.63. The van der Waals surface area contributed by atoms with Gasteiger partial charge in [-0.3, -0.25) is 23.7 Å². The van der Waals surface area contributed by atoms with Crippen molar-refractivity contribution in [1.29, 1.82) is 0 Å². The summed E-state index contributed by atoms with van der Waals surface area (Å²) in [4.78, 5) is 58.3. The Hall–Kier alpha value is -3.80. The van der Waals surface area contributed by atoms with E-state index in [0.717, 1.165) is 4.90 Å². The van der Waals surface area contributed by atoms with Crippen molar-refractivity contribution in [2.24, 2.45) is 0 Å². The smallest absolute Gasteiger partial charge is 0.312 e. The number of halogens is 1. The quantitative estimate of drug-likeness (QED) is 0.557. The first kappa shape index (κ1) is 26.8. The minimum absolute atomic E-state index is 0.00470. The van der Waals surface area contributed by atoms with Crippen LogP contribution < -0.4 is 10.9 Å². The summed E-state index contributed by atoms with van der Waals surface area (Å²) in [5.41, 5.74) is -0.763. The Kier molecular flexibility index (Phi) is 8.41. The minimum atomic E-state index is -0.858. The summed E-state index contributed by atoms with van der Waals surface area (Å²) in [6.45, 7) is 1.89. The summed E-state index contributed by atoms with van der Waals surface area (Å²) >= 11 is 0. The molecule has 1 aliphatic rings. The van der Waals surface area contributed by atoms with Crippen LogP contribution in [0.25, 0.3) is 0 Å². The number of aromatic hydroxyl groups is 1. The highest BCUT2D eigenvalue weighted by atomic mass is 19.1. The van der Waals surface area contributed by atoms with Crippen molar-refractivity contribution >= 4 is 17.7 Å². The molecule has 0 fully saturated rings. The second kappa shape index (κ2) is 11.3. The van der Waals surface area contributed by atoms with Gasteiger partial charge in [-0.25, -0.2) is 9.37 Å². The predicted molar refractivity (Wildman–Crippen MR) is 127 cm³/mol. The molecule has 1 aromatic carbocycles. The number of fused-ring (bicyclic) bond motifs is 1. The number of amides is 3. The van der Waals surface area contributed by atoms with E-state index >= 15 is 0 Å². The van der Waals surface area contributed by atoms with Crippen LogP contribution in [0.1, 0.15) is 47.7 Å². The molecule has 36 heavy (non-hydrogen) atoms. The fraction of sp³-hybridized carbons (Fsp3) is 0.458. The van der Waals surface area contributed by atoms with Crippen molar-refractivity contribution in [3.8, 4) is 5.75 Å². The van der Waals surface area contributed by atoms with E-state index < -0.39 is 52.7 Å². The van der Waals surface area contributed by atoms with E-state index in [1.54, 1.807) is 6.92 Å². The van der Waals surface area contributed by atoms with Gasteiger partial charge in [0.25, 0.3) is 11.5 Å². The van der Waals surface area contributed by atoms with Crippen LogP contribution in [0.2, 0.25) is 0 Å². The molecule has 12 heteroatoms. The standard InChI is InChI=1S/C24H30FN5O6/c1-5-29(24(35)23(34)28(2)3)17-11-10-16(36-4)13-30-20(17)27-18(19(31)22(30)33)21(32)26-12-14-6-8-15(25)9-7-14/h6-9,16-17,31H,5,10-13H2,1-4H3,(H,26,32). The van der Waals surface area contributed by atoms with Gasteiger partial charge in [0.2, 0.25) is 5.75 Å². The number of carbonyl (C=O) groups is 3. The normalized spacial score (nSPS) is 17.0. The molecule has 11 nitrogen and oxygen atoms in total. The molecule has 1 aliphatic heterocycles. The number of likely N-dealkylation sites (N-methyl/N-ethyl adjacent to an activating group) is 2. The first-order valence-electron chi connectivity index (χ1n) is 11.5. The number of rotatable bonds is 6. The number of carbonyl (C=O) groups excluding carboxylic acids is 3. The van der Waals surface area contributed by atoms with Crippen molar-refractivity contribution in [2.45, 2.75) is 45.0 Å². The Labute approximate surface area is 207 Å². The maximum absolute atomic E-state index is 13.2. The Morgan fingerprint density at radius 1 is 1.19 bits per heavy atom. The van der Waals surface area contributed by atoms with Crippen LogP contribution in [0.15, 0.2) is 29.1 Å². The van der Waals surface area contributed by atoms with Crippen molar-refractivity contribution in [3.05, 3.63) is 57.5 Å². The molecule has 0 saturated carbocycles. The predicted octanol–water partition coefficient (Wildman–Crippen LogP) is 0.805. The summed E-state index contributed by atoms with van der Waals surface area (Å²) in [6.07, 6.45) is 0.341. The number of ether oxygens (including phenoxy) is 1. The Morgan fingerprint density at radius 2 is 1.86 bits per heavy atom. The average molecular weight is 504 g/mol. The molecule has 2 aromatic rings. The minimum Gasteiger partial charge on any atom is -0.501 e. The second-order valence-corrected chi connectivity index (χ2v) is 8.63. The Morgan fingerprint density at radius 3 is 2.44 bits per heavy atom. The third kappa shape index (κ3) is 5.54. The number of nitrogens with one attached hydrogen (secondary N) is 1. The van der Waals surface area contributed by atoms with E-state index in [4.69, 9.17) is 4.74 Å². The molecule has 1 aromatic heterocycles. The van der Waals surface area contributed by atoms with E-state index in [9.17, 15) is 28.7 Å². The summed E-state index contributed by atoms with van der Waals surface area (Å²) < 4.78 is 19.8. The summed E-state index contributed by atoms with van der Waals surface area (Å²) in [6, 6.07) is 4.65. The van der Waals surface area contributed by atoms with Crippen LogP contribution in [-0.2, 0) is 27.4 Å². The van der Waals surface area contributed by atoms with Gasteiger partial charge in [-0.2, -0.15) is 0 Å². The molecule has 2 N–H and O–H groups in total. The SMILES string of the molecule is CCN(C(=O)C(=O)N(C)C)C1CCC(OC)Cn2c1nc(C(=O)NCc1ccc(F)cc1)c(O)c2=O. The van der Waals surface area contributed by atoms with Crippen LogP contribution in [0.3, 0.4) is 0 Å². The van der Waals surface area contributed by atoms with Gasteiger partial charge < -0.3 is 25.0 Å². The number of methoxy groups -OCH3 is 1. The molecule has 194 valence electrons. The molecule has 2 heterocycles. The number of hydrogen-bond donors (Lipinski definition) is 2. The summed E-state index contributed by atoms with van der Waals surface area (Å²) in [7, 11) is 4.40. The van der Waals surface area contributed by atoms with Crippen molar-refractivity contribution in [2.75, 3.05) is 27.7 Å². The third-order valence-electron chi connectivity index (χ3n) is 6.10. The molecular weight excluding hydrogens is 473 g/mol. The lowest BCUT2D eigenvalue weighted by molar-refractivity contribution is -0.152. The van der Waals surface area contributed by atoms with E-state index in [1.165, 1.54) is 54.9 Å². The van der Waals surface area contributed by atoms with E-state index in [2.05, 4.69) is 10.3 Å². The average Bonchev–Trinajstić information content (AvgIpc) is 3.05. The zero-order valence-corrected chi connectivity index (χ0v) is 20.7. The van der Waals surface area contributed by atoms with E-state index in [0.29, 0.717) is 18.4 Å². The van der Waals surface area contributed by atoms with Gasteiger partial charge in [0.1, 0.15) is 11.6 Å². The first-order chi connectivity index (χ1) is 17.1. The van der Waals surface area contributed by atoms with Gasteiger partial charge >= 0.3 is 11.8 Å². The van der Waals surface area contributed by atoms with E-state index in [-0.39, 0.29) is 25.5 Å². The highest BCUT2D eigenvalue weighted by Gasteiger charge is 2.36. The van der Waals surface area contributed by atoms with Crippen LogP contribution in [0.4, 0.5) is 4.39 Å². The number of benzene rings is 1. The lowest BCUT2D eigenvalue weighted by atomic mass is 10.1. The summed E-state index contributed by atoms with van der Waals surface area (Å²) in [5.74, 6) is -3.53. The lowest BCUT2D eigenvalue weighted by Gasteiger charge is -2.31. The molecular formula is C24H30FN5O6. The van der Waals surface area contributed by atoms with Gasteiger partial charge in [0, 0.05) is 34.3 Å². The van der Waals surface area contributed by atoms with Gasteiger partial charge in [0.05, 0.1) is 18.7 Å². The third-order valence-corrected chi connectivity index (χ3v) is 6.10. The van der Waals surface area contributed by atoms with Gasteiger partial charge in [-0.05, 0) is 37.5 Å². The van der Waals surface area contributed by atoms with Crippen LogP contribution in [0, 0.1) is 5.82 Å². The van der Waals surface area contributed by atoms with E-state index in [1.807, 2.05) is 0 Å². The largest absolute Gasteiger partial charge is 0.501 e. The van der Waals surface area contributed by atoms with Crippen molar-refractivity contribution in [3.63, 3.8) is 0 Å². The molecule has 2 unspecified atom stereocenters. The maximum atomic E-state index is 13.2. The number of nitrogens with zero attached hydrogens (tertiary/aromatic N) is 4. The zero-order valence-electron chi connectivity index (χ0n) is 20.7. The molecule has 0 radical (unpaired) electrons. The molecule has 3 amide bonds. The fourth-order valence-electron chi connectivity index (χ4n) is 4.09. The summed E-state index contributed by atoms with van der Waals surface area (Å²) in [5, 5.41) is 13.1. The Bertz CT molecular complexity index is 1200. The number of aromatic nitrogens is 2. The maximum Gasteiger partial charge on any atom is 0.312 e. The molecule has 0 spiro atoms. The lowest BCUT2D eigenvalue weighted by Crippen LogP contribution is -2.45. The zero-order chi connectivity index (χ0) is 26.6. The molecule has 0 bridgehead atoms. The topological polar surface area (TPSA) is 134 Å². The van der Waals surface area contributed by atoms with Gasteiger partial charge in [-0.15, -0.1) is 0 Å². The van der Waals surface area contributed by atoms with Crippen LogP contribution >= 0.6 is 0 Å². The molecule has 0 saturated heterocycles. The first-order valence-corrected chi connectivity index (χ1v) is 11.5. The van der Waals surface area contributed by atoms with Crippen molar-refractivity contribution in [1.82, 2.24) is 24.7 Å². The Balaban J connectivity index is 2.03. The fourth-order valence-corrected chi connectivity index (χ4v) is 4.09. The van der Waals surface area contributed by atoms with Gasteiger partial charge in [0.15, 0.2) is 5.69 Å².